The lowest BCUT2D eigenvalue weighted by Crippen LogP contribution is -2.33. The van der Waals surface area contributed by atoms with Crippen molar-refractivity contribution in [3.8, 4) is 5.75 Å². The summed E-state index contributed by atoms with van der Waals surface area (Å²) in [6, 6.07) is 12.7. The molecular formula is C23H26ClN3O3. The van der Waals surface area contributed by atoms with Crippen molar-refractivity contribution >= 4 is 34.8 Å². The number of hydrogen-bond donors (Lipinski definition) is 2. The van der Waals surface area contributed by atoms with E-state index in [-0.39, 0.29) is 24.5 Å². The summed E-state index contributed by atoms with van der Waals surface area (Å²) in [5, 5.41) is 6.51. The van der Waals surface area contributed by atoms with Gasteiger partial charge in [-0.25, -0.2) is 0 Å². The van der Waals surface area contributed by atoms with Crippen LogP contribution in [-0.4, -0.2) is 37.6 Å². The molecule has 158 valence electrons. The van der Waals surface area contributed by atoms with Gasteiger partial charge in [-0.15, -0.1) is 0 Å². The van der Waals surface area contributed by atoms with E-state index in [1.54, 1.807) is 30.3 Å². The van der Waals surface area contributed by atoms with E-state index in [1.807, 2.05) is 12.1 Å². The van der Waals surface area contributed by atoms with Gasteiger partial charge in [-0.3, -0.25) is 9.59 Å². The summed E-state index contributed by atoms with van der Waals surface area (Å²) >= 11 is 5.86. The summed E-state index contributed by atoms with van der Waals surface area (Å²) in [6.45, 7) is 1.77. The summed E-state index contributed by atoms with van der Waals surface area (Å²) in [6.07, 6.45) is 5.54. The van der Waals surface area contributed by atoms with E-state index in [4.69, 9.17) is 16.3 Å². The van der Waals surface area contributed by atoms with Crippen molar-refractivity contribution in [3.63, 3.8) is 0 Å². The fraction of sp³-hybridized carbons (Fsp3) is 0.391. The van der Waals surface area contributed by atoms with Crippen LogP contribution >= 0.6 is 11.6 Å². The van der Waals surface area contributed by atoms with Gasteiger partial charge in [0.05, 0.1) is 5.56 Å². The predicted molar refractivity (Wildman–Crippen MR) is 119 cm³/mol. The highest BCUT2D eigenvalue weighted by atomic mass is 35.5. The van der Waals surface area contributed by atoms with E-state index >= 15 is 0 Å². The Hall–Kier alpha value is -2.73. The van der Waals surface area contributed by atoms with Crippen molar-refractivity contribution in [2.24, 2.45) is 0 Å². The molecule has 4 rings (SSSR count). The minimum absolute atomic E-state index is 0.0772. The lowest BCUT2D eigenvalue weighted by Gasteiger charge is -2.30. The second-order valence-corrected chi connectivity index (χ2v) is 8.25. The maximum absolute atomic E-state index is 12.8. The lowest BCUT2D eigenvalue weighted by atomic mass is 10.1. The van der Waals surface area contributed by atoms with Crippen LogP contribution in [0.5, 0.6) is 5.75 Å². The quantitative estimate of drug-likeness (QED) is 0.693. The van der Waals surface area contributed by atoms with Gasteiger partial charge in [0.25, 0.3) is 11.8 Å². The first-order valence-electron chi connectivity index (χ1n) is 10.5. The number of benzene rings is 2. The summed E-state index contributed by atoms with van der Waals surface area (Å²) in [4.78, 5) is 27.4. The van der Waals surface area contributed by atoms with Gasteiger partial charge in [0.15, 0.2) is 6.61 Å². The first-order valence-corrected chi connectivity index (χ1v) is 10.8. The standard InChI is InChI=1S/C23H26ClN3O3/c24-16-4-9-19(10-5-16)30-15-22(28)25-18-8-11-21(27-12-2-1-3-13-27)20(14-18)23(29)26-17-6-7-17/h4-5,8-11,14,17H,1-3,6-7,12-13,15H2,(H,25,28)(H,26,29). The van der Waals surface area contributed by atoms with Crippen molar-refractivity contribution in [1.29, 1.82) is 0 Å². The number of amides is 2. The molecule has 0 aromatic heterocycles. The van der Waals surface area contributed by atoms with Crippen molar-refractivity contribution in [1.82, 2.24) is 5.32 Å². The lowest BCUT2D eigenvalue weighted by molar-refractivity contribution is -0.118. The summed E-state index contributed by atoms with van der Waals surface area (Å²) < 4.78 is 5.49. The molecule has 1 aliphatic heterocycles. The largest absolute Gasteiger partial charge is 0.484 e. The molecule has 0 atom stereocenters. The third-order valence-corrected chi connectivity index (χ3v) is 5.57. The molecule has 0 radical (unpaired) electrons. The van der Waals surface area contributed by atoms with Crippen LogP contribution in [0.2, 0.25) is 5.02 Å². The Morgan fingerprint density at radius 3 is 2.47 bits per heavy atom. The van der Waals surface area contributed by atoms with Crippen LogP contribution in [0, 0.1) is 0 Å². The number of piperidine rings is 1. The van der Waals surface area contributed by atoms with E-state index in [0.717, 1.165) is 44.5 Å². The number of carbonyl (C=O) groups is 2. The number of nitrogens with zero attached hydrogens (tertiary/aromatic N) is 1. The fourth-order valence-electron chi connectivity index (χ4n) is 3.57. The third-order valence-electron chi connectivity index (χ3n) is 5.32. The molecule has 2 fully saturated rings. The van der Waals surface area contributed by atoms with Crippen molar-refractivity contribution in [2.75, 3.05) is 29.9 Å². The third kappa shape index (κ3) is 5.45. The average Bonchev–Trinajstić information content (AvgIpc) is 3.58. The van der Waals surface area contributed by atoms with Gasteiger partial charge in [-0.1, -0.05) is 11.6 Å². The zero-order valence-electron chi connectivity index (χ0n) is 16.8. The molecule has 2 amide bonds. The Balaban J connectivity index is 1.44. The van der Waals surface area contributed by atoms with Crippen LogP contribution in [-0.2, 0) is 4.79 Å². The van der Waals surface area contributed by atoms with E-state index in [1.165, 1.54) is 6.42 Å². The highest BCUT2D eigenvalue weighted by Crippen LogP contribution is 2.28. The number of nitrogens with one attached hydrogen (secondary N) is 2. The second kappa shape index (κ2) is 9.39. The maximum atomic E-state index is 12.8. The first-order chi connectivity index (χ1) is 14.6. The molecule has 0 spiro atoms. The molecular weight excluding hydrogens is 402 g/mol. The SMILES string of the molecule is O=C(COc1ccc(Cl)cc1)Nc1ccc(N2CCCCC2)c(C(=O)NC2CC2)c1. The molecule has 0 bridgehead atoms. The number of halogens is 1. The Bertz CT molecular complexity index is 906. The van der Waals surface area contributed by atoms with Gasteiger partial charge in [0.1, 0.15) is 5.75 Å². The van der Waals surface area contributed by atoms with E-state index in [0.29, 0.717) is 22.0 Å². The monoisotopic (exact) mass is 427 g/mol. The van der Waals surface area contributed by atoms with Crippen molar-refractivity contribution in [3.05, 3.63) is 53.1 Å². The van der Waals surface area contributed by atoms with Gasteiger partial charge in [-0.05, 0) is 74.6 Å². The van der Waals surface area contributed by atoms with E-state index in [2.05, 4.69) is 15.5 Å². The Labute approximate surface area is 181 Å². The van der Waals surface area contributed by atoms with Gasteiger partial charge >= 0.3 is 0 Å². The minimum Gasteiger partial charge on any atom is -0.484 e. The highest BCUT2D eigenvalue weighted by Gasteiger charge is 2.26. The average molecular weight is 428 g/mol. The predicted octanol–water partition coefficient (Wildman–Crippen LogP) is 4.24. The van der Waals surface area contributed by atoms with Crippen LogP contribution in [0.4, 0.5) is 11.4 Å². The van der Waals surface area contributed by atoms with Gasteiger partial charge in [0.2, 0.25) is 0 Å². The number of carbonyl (C=O) groups excluding carboxylic acids is 2. The first kappa shape index (κ1) is 20.5. The summed E-state index contributed by atoms with van der Waals surface area (Å²) in [5.74, 6) is 0.204. The van der Waals surface area contributed by atoms with Gasteiger partial charge < -0.3 is 20.3 Å². The summed E-state index contributed by atoms with van der Waals surface area (Å²) in [5.41, 5.74) is 2.13. The molecule has 30 heavy (non-hydrogen) atoms. The number of hydrogen-bond acceptors (Lipinski definition) is 4. The number of ether oxygens (including phenoxy) is 1. The molecule has 2 aliphatic rings. The molecule has 1 heterocycles. The fourth-order valence-corrected chi connectivity index (χ4v) is 3.70. The van der Waals surface area contributed by atoms with Crippen LogP contribution in [0.25, 0.3) is 0 Å². The molecule has 7 heteroatoms. The van der Waals surface area contributed by atoms with Crippen LogP contribution < -0.4 is 20.3 Å². The van der Waals surface area contributed by atoms with Crippen LogP contribution in [0.1, 0.15) is 42.5 Å². The van der Waals surface area contributed by atoms with E-state index < -0.39 is 0 Å². The van der Waals surface area contributed by atoms with Crippen LogP contribution in [0.15, 0.2) is 42.5 Å². The molecule has 2 N–H and O–H groups in total. The van der Waals surface area contributed by atoms with Crippen molar-refractivity contribution in [2.45, 2.75) is 38.1 Å². The molecule has 6 nitrogen and oxygen atoms in total. The Morgan fingerprint density at radius 2 is 1.77 bits per heavy atom. The number of rotatable bonds is 7. The zero-order valence-corrected chi connectivity index (χ0v) is 17.6. The Kier molecular flexibility index (Phi) is 6.43. The van der Waals surface area contributed by atoms with Crippen LogP contribution in [0.3, 0.4) is 0 Å². The molecule has 1 saturated heterocycles. The minimum atomic E-state index is -0.288. The Morgan fingerprint density at radius 1 is 1.03 bits per heavy atom. The number of anilines is 2. The highest BCUT2D eigenvalue weighted by molar-refractivity contribution is 6.30. The normalized spacial score (nSPS) is 16.1. The smallest absolute Gasteiger partial charge is 0.262 e. The van der Waals surface area contributed by atoms with Gasteiger partial charge in [-0.2, -0.15) is 0 Å². The second-order valence-electron chi connectivity index (χ2n) is 7.82. The molecule has 1 saturated carbocycles. The van der Waals surface area contributed by atoms with Crippen molar-refractivity contribution < 1.29 is 14.3 Å². The topological polar surface area (TPSA) is 70.7 Å². The molecule has 2 aromatic rings. The molecule has 2 aromatic carbocycles. The molecule has 0 unspecified atom stereocenters. The van der Waals surface area contributed by atoms with Gasteiger partial charge in [0, 0.05) is 35.5 Å². The summed E-state index contributed by atoms with van der Waals surface area (Å²) in [7, 11) is 0. The maximum Gasteiger partial charge on any atom is 0.262 e. The molecule has 1 aliphatic carbocycles. The zero-order chi connectivity index (χ0) is 20.9. The van der Waals surface area contributed by atoms with E-state index in [9.17, 15) is 9.59 Å².